The minimum Gasteiger partial charge on any atom is -0.275 e. The van der Waals surface area contributed by atoms with E-state index in [1.54, 1.807) is 28.0 Å². The molecule has 3 aromatic heterocycles. The first-order valence-electron chi connectivity index (χ1n) is 9.50. The van der Waals surface area contributed by atoms with Gasteiger partial charge < -0.3 is 0 Å². The molecule has 9 nitrogen and oxygen atoms in total. The molecule has 0 atom stereocenters. The summed E-state index contributed by atoms with van der Waals surface area (Å²) in [4.78, 5) is 9.02. The van der Waals surface area contributed by atoms with E-state index in [-0.39, 0.29) is 6.54 Å². The van der Waals surface area contributed by atoms with Crippen LogP contribution in [-0.4, -0.2) is 44.5 Å². The van der Waals surface area contributed by atoms with Crippen LogP contribution in [0.15, 0.2) is 73.4 Å². The lowest BCUT2D eigenvalue weighted by Crippen LogP contribution is -2.25. The predicted octanol–water partition coefficient (Wildman–Crippen LogP) is 2.47. The minimum atomic E-state index is -3.44. The Bertz CT molecular complexity index is 1310. The molecule has 0 radical (unpaired) electrons. The van der Waals surface area contributed by atoms with Gasteiger partial charge in [0.15, 0.2) is 5.82 Å². The number of aromatic nitrogens is 6. The summed E-state index contributed by atoms with van der Waals surface area (Å²) in [5.74, 6) is 0.626. The van der Waals surface area contributed by atoms with E-state index in [9.17, 15) is 8.42 Å². The quantitative estimate of drug-likeness (QED) is 0.456. The molecule has 10 heteroatoms. The summed E-state index contributed by atoms with van der Waals surface area (Å²) >= 11 is 0. The fraction of sp³-hybridized carbons (Fsp3) is 0.143. The van der Waals surface area contributed by atoms with E-state index in [0.29, 0.717) is 12.4 Å². The van der Waals surface area contributed by atoms with Crippen molar-refractivity contribution < 1.29 is 8.42 Å². The predicted molar refractivity (Wildman–Crippen MR) is 118 cm³/mol. The number of hydrogen-bond donors (Lipinski definition) is 1. The second-order valence-electron chi connectivity index (χ2n) is 6.88. The summed E-state index contributed by atoms with van der Waals surface area (Å²) in [6.07, 6.45) is 10.8. The Hall–Kier alpha value is -3.63. The van der Waals surface area contributed by atoms with Crippen molar-refractivity contribution in [2.75, 3.05) is 6.54 Å². The molecule has 3 heterocycles. The van der Waals surface area contributed by atoms with Gasteiger partial charge in [-0.15, -0.1) is 0 Å². The van der Waals surface area contributed by atoms with Crippen molar-refractivity contribution in [2.45, 2.75) is 6.54 Å². The molecule has 0 amide bonds. The molecule has 0 aliphatic heterocycles. The van der Waals surface area contributed by atoms with E-state index >= 15 is 0 Å². The van der Waals surface area contributed by atoms with Gasteiger partial charge in [0, 0.05) is 66.0 Å². The number of nitrogens with zero attached hydrogens (tertiary/aromatic N) is 6. The molecule has 0 saturated carbocycles. The van der Waals surface area contributed by atoms with Crippen LogP contribution in [0.4, 0.5) is 0 Å². The lowest BCUT2D eigenvalue weighted by Gasteiger charge is -2.04. The van der Waals surface area contributed by atoms with Crippen LogP contribution in [0.2, 0.25) is 0 Å². The molecular formula is C21H21N7O2S. The standard InChI is InChI=1S/C21H21N7O2S/c1-3-31(29,30)26-7-8-28-15-20(13-25-28)18-10-22-21(23-11-18)17-6-4-5-16(9-17)19-12-24-27(2)14-19/h3-6,9-15,26H,1,7-8H2,2H3. The highest BCUT2D eigenvalue weighted by Crippen LogP contribution is 2.25. The third-order valence-corrected chi connectivity index (χ3v) is 5.69. The van der Waals surface area contributed by atoms with E-state index < -0.39 is 10.0 Å². The molecule has 0 unspecified atom stereocenters. The Morgan fingerprint density at radius 3 is 2.39 bits per heavy atom. The van der Waals surface area contributed by atoms with Gasteiger partial charge in [0.2, 0.25) is 10.0 Å². The van der Waals surface area contributed by atoms with Crippen LogP contribution in [0, 0.1) is 0 Å². The zero-order chi connectivity index (χ0) is 21.8. The molecule has 0 aliphatic carbocycles. The highest BCUT2D eigenvalue weighted by molar-refractivity contribution is 7.92. The van der Waals surface area contributed by atoms with Gasteiger partial charge in [-0.2, -0.15) is 10.2 Å². The summed E-state index contributed by atoms with van der Waals surface area (Å²) in [5, 5.41) is 9.36. The van der Waals surface area contributed by atoms with E-state index in [1.165, 1.54) is 0 Å². The largest absolute Gasteiger partial charge is 0.275 e. The van der Waals surface area contributed by atoms with Crippen LogP contribution < -0.4 is 4.72 Å². The van der Waals surface area contributed by atoms with Crippen molar-refractivity contribution in [3.05, 3.63) is 73.4 Å². The molecule has 0 fully saturated rings. The number of nitrogens with one attached hydrogen (secondary N) is 1. The number of sulfonamides is 1. The summed E-state index contributed by atoms with van der Waals surface area (Å²) in [5.41, 5.74) is 4.67. The Kier molecular flexibility index (Phi) is 5.74. The SMILES string of the molecule is C=CS(=O)(=O)NCCn1cc(-c2cnc(-c3cccc(-c4cnn(C)c4)c3)nc2)cn1. The number of hydrogen-bond acceptors (Lipinski definition) is 6. The Morgan fingerprint density at radius 1 is 0.968 bits per heavy atom. The maximum Gasteiger partial charge on any atom is 0.233 e. The van der Waals surface area contributed by atoms with Crippen molar-refractivity contribution in [3.63, 3.8) is 0 Å². The van der Waals surface area contributed by atoms with Crippen molar-refractivity contribution in [3.8, 4) is 33.6 Å². The van der Waals surface area contributed by atoms with E-state index in [0.717, 1.165) is 33.2 Å². The van der Waals surface area contributed by atoms with Crippen LogP contribution in [0.3, 0.4) is 0 Å². The normalized spacial score (nSPS) is 11.5. The maximum atomic E-state index is 11.4. The summed E-state index contributed by atoms with van der Waals surface area (Å²) in [6.45, 7) is 3.88. The lowest BCUT2D eigenvalue weighted by molar-refractivity contribution is 0.568. The highest BCUT2D eigenvalue weighted by Gasteiger charge is 2.08. The van der Waals surface area contributed by atoms with Crippen molar-refractivity contribution in [1.82, 2.24) is 34.3 Å². The molecule has 1 N–H and O–H groups in total. The summed E-state index contributed by atoms with van der Waals surface area (Å²) in [6, 6.07) is 8.00. The Morgan fingerprint density at radius 2 is 1.68 bits per heavy atom. The average Bonchev–Trinajstić information content (AvgIpc) is 3.43. The smallest absolute Gasteiger partial charge is 0.233 e. The van der Waals surface area contributed by atoms with Gasteiger partial charge in [0.1, 0.15) is 0 Å². The van der Waals surface area contributed by atoms with Crippen LogP contribution in [0.25, 0.3) is 33.6 Å². The average molecular weight is 436 g/mol. The second kappa shape index (κ2) is 8.62. The molecule has 4 rings (SSSR count). The summed E-state index contributed by atoms with van der Waals surface area (Å²) < 4.78 is 28.6. The van der Waals surface area contributed by atoms with Crippen LogP contribution in [-0.2, 0) is 23.6 Å². The van der Waals surface area contributed by atoms with Crippen molar-refractivity contribution in [2.24, 2.45) is 7.05 Å². The monoisotopic (exact) mass is 435 g/mol. The summed E-state index contributed by atoms with van der Waals surface area (Å²) in [7, 11) is -1.55. The van der Waals surface area contributed by atoms with Gasteiger partial charge in [0.05, 0.1) is 18.9 Å². The first-order chi connectivity index (χ1) is 14.9. The second-order valence-corrected chi connectivity index (χ2v) is 8.59. The molecule has 31 heavy (non-hydrogen) atoms. The molecular weight excluding hydrogens is 414 g/mol. The van der Waals surface area contributed by atoms with Crippen LogP contribution in [0.1, 0.15) is 0 Å². The number of benzene rings is 1. The zero-order valence-corrected chi connectivity index (χ0v) is 17.7. The number of aryl methyl sites for hydroxylation is 1. The Balaban J connectivity index is 1.47. The van der Waals surface area contributed by atoms with Gasteiger partial charge >= 0.3 is 0 Å². The molecule has 158 valence electrons. The molecule has 4 aromatic rings. The van der Waals surface area contributed by atoms with Gasteiger partial charge in [-0.3, -0.25) is 9.36 Å². The van der Waals surface area contributed by atoms with E-state index in [2.05, 4.69) is 31.5 Å². The lowest BCUT2D eigenvalue weighted by atomic mass is 10.1. The molecule has 1 aromatic carbocycles. The first-order valence-corrected chi connectivity index (χ1v) is 11.0. The highest BCUT2D eigenvalue weighted by atomic mass is 32.2. The Labute approximate surface area is 180 Å². The van der Waals surface area contributed by atoms with Crippen LogP contribution in [0.5, 0.6) is 0 Å². The van der Waals surface area contributed by atoms with Crippen molar-refractivity contribution in [1.29, 1.82) is 0 Å². The van der Waals surface area contributed by atoms with Crippen molar-refractivity contribution >= 4 is 10.0 Å². The molecule has 0 saturated heterocycles. The zero-order valence-electron chi connectivity index (χ0n) is 16.9. The third-order valence-electron chi connectivity index (χ3n) is 4.64. The van der Waals surface area contributed by atoms with Gasteiger partial charge in [-0.05, 0) is 11.6 Å². The van der Waals surface area contributed by atoms with Gasteiger partial charge in [-0.1, -0.05) is 24.8 Å². The van der Waals surface area contributed by atoms with Gasteiger partial charge in [-0.25, -0.2) is 23.1 Å². The van der Waals surface area contributed by atoms with E-state index in [1.807, 2.05) is 49.9 Å². The molecule has 0 spiro atoms. The molecule has 0 bridgehead atoms. The fourth-order valence-electron chi connectivity index (χ4n) is 3.03. The maximum absolute atomic E-state index is 11.4. The van der Waals surface area contributed by atoms with Crippen LogP contribution >= 0.6 is 0 Å². The fourth-order valence-corrected chi connectivity index (χ4v) is 3.52. The van der Waals surface area contributed by atoms with E-state index in [4.69, 9.17) is 0 Å². The van der Waals surface area contributed by atoms with Gasteiger partial charge in [0.25, 0.3) is 0 Å². The third kappa shape index (κ3) is 4.93. The molecule has 0 aliphatic rings. The first kappa shape index (κ1) is 20.6. The topological polar surface area (TPSA) is 108 Å². The minimum absolute atomic E-state index is 0.220. The number of rotatable bonds is 8.